The van der Waals surface area contributed by atoms with Gasteiger partial charge in [-0.25, -0.2) is 4.39 Å². The highest BCUT2D eigenvalue weighted by Crippen LogP contribution is 2.40. The van der Waals surface area contributed by atoms with Gasteiger partial charge in [0.15, 0.2) is 0 Å². The van der Waals surface area contributed by atoms with E-state index in [0.717, 1.165) is 23.3 Å². The maximum absolute atomic E-state index is 14.1. The summed E-state index contributed by atoms with van der Waals surface area (Å²) in [5.41, 5.74) is 1.94. The molecule has 0 radical (unpaired) electrons. The third-order valence-electron chi connectivity index (χ3n) is 3.62. The number of hydrogen-bond donors (Lipinski definition) is 1. The van der Waals surface area contributed by atoms with Crippen LogP contribution in [-0.2, 0) is 0 Å². The fraction of sp³-hybridized carbons (Fsp3) is 0.600. The van der Waals surface area contributed by atoms with Crippen molar-refractivity contribution in [1.29, 1.82) is 0 Å². The van der Waals surface area contributed by atoms with Crippen LogP contribution in [0.4, 0.5) is 4.39 Å². The standard InChI is InChI=1S/C15H22FNS2/c1-4-13-15(19-8-7-18-13)14(17-3)11-9-10(2)5-6-12(11)16/h5-6,9,13-15,17H,4,7-8H2,1-3H3. The van der Waals surface area contributed by atoms with Gasteiger partial charge in [-0.3, -0.25) is 0 Å². The Hall–Kier alpha value is -0.190. The SMILES string of the molecule is CCC1SCCSC1C(NC)c1cc(C)ccc1F. The van der Waals surface area contributed by atoms with Crippen molar-refractivity contribution in [1.82, 2.24) is 5.32 Å². The molecule has 0 spiro atoms. The van der Waals surface area contributed by atoms with Gasteiger partial charge in [0.1, 0.15) is 5.82 Å². The molecule has 3 unspecified atom stereocenters. The smallest absolute Gasteiger partial charge is 0.128 e. The maximum atomic E-state index is 14.1. The first-order chi connectivity index (χ1) is 9.17. The van der Waals surface area contributed by atoms with E-state index in [9.17, 15) is 4.39 Å². The summed E-state index contributed by atoms with van der Waals surface area (Å²) in [6.45, 7) is 4.26. The quantitative estimate of drug-likeness (QED) is 0.902. The highest BCUT2D eigenvalue weighted by Gasteiger charge is 2.33. The normalized spacial score (nSPS) is 25.3. The number of aryl methyl sites for hydroxylation is 1. The fourth-order valence-corrected chi connectivity index (χ4v) is 5.93. The van der Waals surface area contributed by atoms with Crippen LogP contribution < -0.4 is 5.32 Å². The van der Waals surface area contributed by atoms with Crippen LogP contribution >= 0.6 is 23.5 Å². The largest absolute Gasteiger partial charge is 0.312 e. The Labute approximate surface area is 124 Å². The van der Waals surface area contributed by atoms with Gasteiger partial charge in [-0.15, -0.1) is 0 Å². The Morgan fingerprint density at radius 3 is 2.79 bits per heavy atom. The Morgan fingerprint density at radius 1 is 1.37 bits per heavy atom. The van der Waals surface area contributed by atoms with E-state index >= 15 is 0 Å². The van der Waals surface area contributed by atoms with Gasteiger partial charge in [0.05, 0.1) is 0 Å². The molecule has 19 heavy (non-hydrogen) atoms. The molecule has 0 saturated carbocycles. The van der Waals surface area contributed by atoms with E-state index in [1.165, 1.54) is 5.75 Å². The third kappa shape index (κ3) is 3.47. The van der Waals surface area contributed by atoms with Crippen LogP contribution in [0.3, 0.4) is 0 Å². The molecule has 0 aromatic heterocycles. The molecule has 4 heteroatoms. The van der Waals surface area contributed by atoms with Gasteiger partial charge in [0.2, 0.25) is 0 Å². The van der Waals surface area contributed by atoms with Gasteiger partial charge < -0.3 is 5.32 Å². The molecule has 106 valence electrons. The molecule has 1 saturated heterocycles. The molecule has 0 amide bonds. The molecule has 1 fully saturated rings. The van der Waals surface area contributed by atoms with E-state index < -0.39 is 0 Å². The molecule has 1 aliphatic heterocycles. The fourth-order valence-electron chi connectivity index (χ4n) is 2.65. The minimum Gasteiger partial charge on any atom is -0.312 e. The van der Waals surface area contributed by atoms with Gasteiger partial charge in [0.25, 0.3) is 0 Å². The maximum Gasteiger partial charge on any atom is 0.128 e. The minimum absolute atomic E-state index is 0.0871. The predicted octanol–water partition coefficient (Wildman–Crippen LogP) is 4.02. The molecule has 1 N–H and O–H groups in total. The summed E-state index contributed by atoms with van der Waals surface area (Å²) in [5, 5.41) is 4.40. The van der Waals surface area contributed by atoms with Gasteiger partial charge in [0, 0.05) is 33.6 Å². The summed E-state index contributed by atoms with van der Waals surface area (Å²) in [6.07, 6.45) is 1.15. The lowest BCUT2D eigenvalue weighted by Gasteiger charge is -2.36. The third-order valence-corrected chi connectivity index (χ3v) is 6.97. The Balaban J connectivity index is 2.29. The van der Waals surface area contributed by atoms with Crippen molar-refractivity contribution in [3.63, 3.8) is 0 Å². The number of thioether (sulfide) groups is 2. The second kappa shape index (κ2) is 7.00. The average Bonchev–Trinajstić information content (AvgIpc) is 2.44. The first-order valence-electron chi connectivity index (χ1n) is 6.84. The lowest BCUT2D eigenvalue weighted by atomic mass is 9.98. The Kier molecular flexibility index (Phi) is 5.60. The molecule has 1 nitrogen and oxygen atoms in total. The van der Waals surface area contributed by atoms with Crippen molar-refractivity contribution in [2.75, 3.05) is 18.6 Å². The van der Waals surface area contributed by atoms with E-state index in [4.69, 9.17) is 0 Å². The van der Waals surface area contributed by atoms with Crippen LogP contribution in [0.1, 0.15) is 30.5 Å². The lowest BCUT2D eigenvalue weighted by molar-refractivity contribution is 0.506. The molecule has 2 rings (SSSR count). The number of halogens is 1. The summed E-state index contributed by atoms with van der Waals surface area (Å²) in [6, 6.07) is 5.52. The summed E-state index contributed by atoms with van der Waals surface area (Å²) < 4.78 is 14.1. The minimum atomic E-state index is -0.0871. The number of rotatable bonds is 4. The van der Waals surface area contributed by atoms with E-state index in [-0.39, 0.29) is 11.9 Å². The Morgan fingerprint density at radius 2 is 2.11 bits per heavy atom. The van der Waals surface area contributed by atoms with Crippen LogP contribution in [0.5, 0.6) is 0 Å². The molecular formula is C15H22FNS2. The number of nitrogens with one attached hydrogen (secondary N) is 1. The monoisotopic (exact) mass is 299 g/mol. The predicted molar refractivity (Wildman–Crippen MR) is 85.7 cm³/mol. The van der Waals surface area contributed by atoms with E-state index in [2.05, 4.69) is 12.2 Å². The first kappa shape index (κ1) is 15.2. The van der Waals surface area contributed by atoms with Crippen molar-refractivity contribution in [3.05, 3.63) is 35.1 Å². The molecule has 0 bridgehead atoms. The highest BCUT2D eigenvalue weighted by atomic mass is 32.2. The summed E-state index contributed by atoms with van der Waals surface area (Å²) in [7, 11) is 1.94. The van der Waals surface area contributed by atoms with Crippen LogP contribution in [0, 0.1) is 12.7 Å². The summed E-state index contributed by atoms with van der Waals surface area (Å²) >= 11 is 4.02. The average molecular weight is 299 g/mol. The van der Waals surface area contributed by atoms with Gasteiger partial charge in [-0.05, 0) is 26.5 Å². The van der Waals surface area contributed by atoms with Crippen molar-refractivity contribution in [3.8, 4) is 0 Å². The Bertz CT molecular complexity index is 425. The van der Waals surface area contributed by atoms with Crippen LogP contribution in [0.25, 0.3) is 0 Å². The van der Waals surface area contributed by atoms with Gasteiger partial charge in [-0.1, -0.05) is 24.6 Å². The van der Waals surface area contributed by atoms with Crippen molar-refractivity contribution >= 4 is 23.5 Å². The highest BCUT2D eigenvalue weighted by molar-refractivity contribution is 8.07. The zero-order valence-electron chi connectivity index (χ0n) is 11.8. The zero-order chi connectivity index (χ0) is 13.8. The van der Waals surface area contributed by atoms with E-state index in [0.29, 0.717) is 10.5 Å². The first-order valence-corrected chi connectivity index (χ1v) is 8.93. The van der Waals surface area contributed by atoms with Crippen molar-refractivity contribution in [2.45, 2.75) is 36.8 Å². The molecule has 1 aromatic carbocycles. The lowest BCUT2D eigenvalue weighted by Crippen LogP contribution is -2.37. The van der Waals surface area contributed by atoms with Crippen molar-refractivity contribution in [2.24, 2.45) is 0 Å². The number of benzene rings is 1. The van der Waals surface area contributed by atoms with Crippen LogP contribution in [0.2, 0.25) is 0 Å². The van der Waals surface area contributed by atoms with Crippen molar-refractivity contribution < 1.29 is 4.39 Å². The molecule has 3 atom stereocenters. The molecule has 1 aliphatic rings. The van der Waals surface area contributed by atoms with Crippen LogP contribution in [0.15, 0.2) is 18.2 Å². The van der Waals surface area contributed by atoms with E-state index in [1.807, 2.05) is 49.6 Å². The molecule has 0 aliphatic carbocycles. The molecule has 1 heterocycles. The number of hydrogen-bond acceptors (Lipinski definition) is 3. The molecular weight excluding hydrogens is 277 g/mol. The second-order valence-corrected chi connectivity index (χ2v) is 7.58. The summed E-state index contributed by atoms with van der Waals surface area (Å²) in [5.74, 6) is 2.29. The van der Waals surface area contributed by atoms with Crippen LogP contribution in [-0.4, -0.2) is 29.1 Å². The van der Waals surface area contributed by atoms with E-state index in [1.54, 1.807) is 6.07 Å². The summed E-state index contributed by atoms with van der Waals surface area (Å²) in [4.78, 5) is 0. The van der Waals surface area contributed by atoms with Gasteiger partial charge >= 0.3 is 0 Å². The molecule has 1 aromatic rings. The topological polar surface area (TPSA) is 12.0 Å². The zero-order valence-corrected chi connectivity index (χ0v) is 13.4. The second-order valence-electron chi connectivity index (χ2n) is 4.94. The van der Waals surface area contributed by atoms with Gasteiger partial charge in [-0.2, -0.15) is 23.5 Å².